The van der Waals surface area contributed by atoms with Crippen LogP contribution in [-0.2, 0) is 0 Å². The Balaban J connectivity index is 1.99. The summed E-state index contributed by atoms with van der Waals surface area (Å²) in [4.78, 5) is 0. The molecule has 2 aromatic carbocycles. The fraction of sp³-hybridized carbons (Fsp3) is 0.333. The van der Waals surface area contributed by atoms with Crippen molar-refractivity contribution in [1.29, 1.82) is 0 Å². The first kappa shape index (κ1) is 10.8. The van der Waals surface area contributed by atoms with Gasteiger partial charge in [0.25, 0.3) is 0 Å². The smallest absolute Gasteiger partial charge is 0.0473 e. The summed E-state index contributed by atoms with van der Waals surface area (Å²) in [5.41, 5.74) is 1.38. The molecule has 3 rings (SSSR count). The zero-order valence-corrected chi connectivity index (χ0v) is 10.1. The van der Waals surface area contributed by atoms with Crippen LogP contribution in [0.2, 0.25) is 0 Å². The van der Waals surface area contributed by atoms with E-state index < -0.39 is 0 Å². The molecule has 2 atom stereocenters. The minimum absolute atomic E-state index is 0.424. The van der Waals surface area contributed by atoms with Crippen molar-refractivity contribution in [3.63, 3.8) is 0 Å². The SMILES string of the molecule is CC1NCCNC1c1ccc2ccccc2c1. The lowest BCUT2D eigenvalue weighted by Gasteiger charge is -2.31. The van der Waals surface area contributed by atoms with Crippen LogP contribution >= 0.6 is 0 Å². The molecule has 17 heavy (non-hydrogen) atoms. The highest BCUT2D eigenvalue weighted by atomic mass is 15.1. The van der Waals surface area contributed by atoms with E-state index in [9.17, 15) is 0 Å². The van der Waals surface area contributed by atoms with Crippen LogP contribution in [0.25, 0.3) is 10.8 Å². The van der Waals surface area contributed by atoms with Gasteiger partial charge in [-0.05, 0) is 29.3 Å². The van der Waals surface area contributed by atoms with Gasteiger partial charge in [0.1, 0.15) is 0 Å². The average Bonchev–Trinajstić information content (AvgIpc) is 2.39. The Bertz CT molecular complexity index is 521. The third-order valence-corrected chi connectivity index (χ3v) is 3.59. The lowest BCUT2D eigenvalue weighted by atomic mass is 9.96. The second kappa shape index (κ2) is 4.47. The van der Waals surface area contributed by atoms with Crippen LogP contribution in [0.1, 0.15) is 18.5 Å². The Morgan fingerprint density at radius 3 is 2.53 bits per heavy atom. The van der Waals surface area contributed by atoms with Crippen LogP contribution in [0.3, 0.4) is 0 Å². The largest absolute Gasteiger partial charge is 0.311 e. The van der Waals surface area contributed by atoms with E-state index in [1.54, 1.807) is 0 Å². The summed E-state index contributed by atoms with van der Waals surface area (Å²) in [5.74, 6) is 0. The third-order valence-electron chi connectivity index (χ3n) is 3.59. The van der Waals surface area contributed by atoms with Gasteiger partial charge in [-0.2, -0.15) is 0 Å². The fourth-order valence-corrected chi connectivity index (χ4v) is 2.63. The second-order valence-corrected chi connectivity index (χ2v) is 4.78. The molecule has 0 aliphatic carbocycles. The molecule has 0 saturated carbocycles. The molecule has 2 N–H and O–H groups in total. The first-order valence-electron chi connectivity index (χ1n) is 6.30. The Morgan fingerprint density at radius 2 is 1.71 bits per heavy atom. The van der Waals surface area contributed by atoms with Crippen molar-refractivity contribution in [3.8, 4) is 0 Å². The Kier molecular flexibility index (Phi) is 2.83. The van der Waals surface area contributed by atoms with Crippen LogP contribution in [0.5, 0.6) is 0 Å². The zero-order chi connectivity index (χ0) is 11.7. The third kappa shape index (κ3) is 2.06. The van der Waals surface area contributed by atoms with E-state index in [1.807, 2.05) is 0 Å². The summed E-state index contributed by atoms with van der Waals surface area (Å²) in [6.07, 6.45) is 0. The van der Waals surface area contributed by atoms with E-state index in [-0.39, 0.29) is 0 Å². The van der Waals surface area contributed by atoms with Gasteiger partial charge in [0.15, 0.2) is 0 Å². The monoisotopic (exact) mass is 226 g/mol. The molecule has 1 aliphatic rings. The van der Waals surface area contributed by atoms with Crippen molar-refractivity contribution in [2.24, 2.45) is 0 Å². The maximum atomic E-state index is 3.59. The topological polar surface area (TPSA) is 24.1 Å². The van der Waals surface area contributed by atoms with Gasteiger partial charge in [-0.1, -0.05) is 36.4 Å². The molecule has 0 aromatic heterocycles. The molecular weight excluding hydrogens is 208 g/mol. The summed E-state index contributed by atoms with van der Waals surface area (Å²) >= 11 is 0. The number of hydrogen-bond donors (Lipinski definition) is 2. The lowest BCUT2D eigenvalue weighted by Crippen LogP contribution is -2.48. The first-order chi connectivity index (χ1) is 8.34. The Hall–Kier alpha value is -1.38. The average molecular weight is 226 g/mol. The maximum Gasteiger partial charge on any atom is 0.0473 e. The van der Waals surface area contributed by atoms with Crippen LogP contribution in [0.15, 0.2) is 42.5 Å². The molecule has 1 saturated heterocycles. The van der Waals surface area contributed by atoms with Gasteiger partial charge in [-0.25, -0.2) is 0 Å². The van der Waals surface area contributed by atoms with Crippen molar-refractivity contribution < 1.29 is 0 Å². The minimum Gasteiger partial charge on any atom is -0.311 e. The molecule has 2 unspecified atom stereocenters. The molecule has 1 fully saturated rings. The molecule has 2 heteroatoms. The maximum absolute atomic E-state index is 3.59. The highest BCUT2D eigenvalue weighted by Crippen LogP contribution is 2.23. The number of hydrogen-bond acceptors (Lipinski definition) is 2. The molecule has 0 amide bonds. The molecule has 88 valence electrons. The van der Waals surface area contributed by atoms with E-state index >= 15 is 0 Å². The van der Waals surface area contributed by atoms with Gasteiger partial charge in [0, 0.05) is 25.2 Å². The number of rotatable bonds is 1. The highest BCUT2D eigenvalue weighted by molar-refractivity contribution is 5.83. The normalized spacial score (nSPS) is 25.0. The summed E-state index contributed by atoms with van der Waals surface area (Å²) in [5, 5.41) is 9.74. The van der Waals surface area contributed by atoms with Crippen molar-refractivity contribution in [2.45, 2.75) is 19.0 Å². The summed E-state index contributed by atoms with van der Waals surface area (Å²) in [6, 6.07) is 16.2. The Labute approximate surface area is 102 Å². The molecule has 1 heterocycles. The van der Waals surface area contributed by atoms with Crippen LogP contribution < -0.4 is 10.6 Å². The number of piperazine rings is 1. The van der Waals surface area contributed by atoms with E-state index in [0.29, 0.717) is 12.1 Å². The highest BCUT2D eigenvalue weighted by Gasteiger charge is 2.21. The molecule has 2 aromatic rings. The van der Waals surface area contributed by atoms with Crippen molar-refractivity contribution in [1.82, 2.24) is 10.6 Å². The van der Waals surface area contributed by atoms with E-state index in [0.717, 1.165) is 13.1 Å². The summed E-state index contributed by atoms with van der Waals surface area (Å²) < 4.78 is 0. The first-order valence-corrected chi connectivity index (χ1v) is 6.30. The van der Waals surface area contributed by atoms with E-state index in [1.165, 1.54) is 16.3 Å². The minimum atomic E-state index is 0.424. The fourth-order valence-electron chi connectivity index (χ4n) is 2.63. The molecule has 0 spiro atoms. The Morgan fingerprint density at radius 1 is 0.941 bits per heavy atom. The second-order valence-electron chi connectivity index (χ2n) is 4.78. The number of nitrogens with one attached hydrogen (secondary N) is 2. The van der Waals surface area contributed by atoms with Crippen LogP contribution in [-0.4, -0.2) is 19.1 Å². The predicted molar refractivity (Wildman–Crippen MR) is 72.2 cm³/mol. The van der Waals surface area contributed by atoms with Gasteiger partial charge in [-0.3, -0.25) is 0 Å². The van der Waals surface area contributed by atoms with Crippen LogP contribution in [0.4, 0.5) is 0 Å². The summed E-state index contributed by atoms with van der Waals surface area (Å²) in [7, 11) is 0. The molecule has 0 radical (unpaired) electrons. The molecule has 2 nitrogen and oxygen atoms in total. The van der Waals surface area contributed by atoms with Gasteiger partial charge in [-0.15, -0.1) is 0 Å². The van der Waals surface area contributed by atoms with Gasteiger partial charge < -0.3 is 10.6 Å². The van der Waals surface area contributed by atoms with Gasteiger partial charge in [0.2, 0.25) is 0 Å². The number of benzene rings is 2. The van der Waals surface area contributed by atoms with Crippen molar-refractivity contribution >= 4 is 10.8 Å². The molecule has 0 bridgehead atoms. The standard InChI is InChI=1S/C15H18N2/c1-11-15(17-9-8-16-11)14-7-6-12-4-2-3-5-13(12)10-14/h2-7,10-11,15-17H,8-9H2,1H3. The van der Waals surface area contributed by atoms with Gasteiger partial charge >= 0.3 is 0 Å². The van der Waals surface area contributed by atoms with E-state index in [4.69, 9.17) is 0 Å². The lowest BCUT2D eigenvalue weighted by molar-refractivity contribution is 0.346. The van der Waals surface area contributed by atoms with E-state index in [2.05, 4.69) is 60.0 Å². The van der Waals surface area contributed by atoms with Crippen molar-refractivity contribution in [2.75, 3.05) is 13.1 Å². The summed E-state index contributed by atoms with van der Waals surface area (Å²) in [6.45, 7) is 4.35. The van der Waals surface area contributed by atoms with Crippen LogP contribution in [0, 0.1) is 0 Å². The van der Waals surface area contributed by atoms with Crippen molar-refractivity contribution in [3.05, 3.63) is 48.0 Å². The zero-order valence-electron chi connectivity index (χ0n) is 10.1. The molecule has 1 aliphatic heterocycles. The quantitative estimate of drug-likeness (QED) is 0.780. The predicted octanol–water partition coefficient (Wildman–Crippen LogP) is 2.46. The number of fused-ring (bicyclic) bond motifs is 1. The van der Waals surface area contributed by atoms with Gasteiger partial charge in [0.05, 0.1) is 0 Å². The molecular formula is C15H18N2.